The first kappa shape index (κ1) is 17.1. The summed E-state index contributed by atoms with van der Waals surface area (Å²) in [6, 6.07) is 16.2. The standard InChI is InChI=1S/C20H13ClN2O4/c21-13-7-9-14(10-8-13)23-19(25)15-4-1-2-5-16(15)22(20(23)26)12-17(24)18-6-3-11-27-18/h1-11H,12H2. The molecular formula is C20H13ClN2O4. The van der Waals surface area contributed by atoms with E-state index in [1.54, 1.807) is 54.6 Å². The molecule has 0 fully saturated rings. The van der Waals surface area contributed by atoms with Crippen LogP contribution in [-0.4, -0.2) is 14.9 Å². The van der Waals surface area contributed by atoms with Crippen molar-refractivity contribution in [1.82, 2.24) is 9.13 Å². The normalized spacial score (nSPS) is 11.0. The molecule has 7 heteroatoms. The van der Waals surface area contributed by atoms with Crippen molar-refractivity contribution in [3.05, 3.63) is 98.5 Å². The van der Waals surface area contributed by atoms with E-state index in [4.69, 9.17) is 16.0 Å². The molecule has 0 N–H and O–H groups in total. The minimum Gasteiger partial charge on any atom is -0.461 e. The van der Waals surface area contributed by atoms with E-state index in [1.807, 2.05) is 0 Å². The van der Waals surface area contributed by atoms with Gasteiger partial charge in [0.05, 0.1) is 29.4 Å². The van der Waals surface area contributed by atoms with Gasteiger partial charge in [-0.1, -0.05) is 23.7 Å². The Hall–Kier alpha value is -3.38. The summed E-state index contributed by atoms with van der Waals surface area (Å²) in [6.07, 6.45) is 1.39. The molecule has 0 aliphatic heterocycles. The van der Waals surface area contributed by atoms with Gasteiger partial charge in [-0.25, -0.2) is 9.36 Å². The fourth-order valence-electron chi connectivity index (χ4n) is 2.95. The van der Waals surface area contributed by atoms with E-state index in [0.29, 0.717) is 21.6 Å². The number of fused-ring (bicyclic) bond motifs is 1. The number of para-hydroxylation sites is 1. The lowest BCUT2D eigenvalue weighted by atomic mass is 10.2. The number of halogens is 1. The van der Waals surface area contributed by atoms with Crippen LogP contribution in [0.25, 0.3) is 16.6 Å². The van der Waals surface area contributed by atoms with Gasteiger partial charge in [0.2, 0.25) is 5.78 Å². The molecule has 27 heavy (non-hydrogen) atoms. The third-order valence-electron chi connectivity index (χ3n) is 4.23. The zero-order chi connectivity index (χ0) is 19.0. The summed E-state index contributed by atoms with van der Waals surface area (Å²) in [5.74, 6) is -0.219. The average Bonchev–Trinajstić information content (AvgIpc) is 3.21. The molecule has 4 aromatic rings. The third kappa shape index (κ3) is 3.00. The predicted molar refractivity (Wildman–Crippen MR) is 102 cm³/mol. The molecule has 0 radical (unpaired) electrons. The molecule has 0 spiro atoms. The Balaban J connectivity index is 1.97. The van der Waals surface area contributed by atoms with E-state index in [2.05, 4.69) is 0 Å². The number of hydrogen-bond acceptors (Lipinski definition) is 4. The van der Waals surface area contributed by atoms with Gasteiger partial charge in [0.25, 0.3) is 5.56 Å². The topological polar surface area (TPSA) is 74.2 Å². The molecule has 0 unspecified atom stereocenters. The lowest BCUT2D eigenvalue weighted by Gasteiger charge is -2.13. The average molecular weight is 381 g/mol. The van der Waals surface area contributed by atoms with Crippen molar-refractivity contribution >= 4 is 28.3 Å². The fourth-order valence-corrected chi connectivity index (χ4v) is 3.08. The number of ketones is 1. The van der Waals surface area contributed by atoms with Gasteiger partial charge in [0.1, 0.15) is 0 Å². The molecule has 134 valence electrons. The van der Waals surface area contributed by atoms with Crippen molar-refractivity contribution in [2.75, 3.05) is 0 Å². The Morgan fingerprint density at radius 3 is 2.41 bits per heavy atom. The highest BCUT2D eigenvalue weighted by atomic mass is 35.5. The van der Waals surface area contributed by atoms with Crippen LogP contribution in [0, 0.1) is 0 Å². The van der Waals surface area contributed by atoms with Gasteiger partial charge < -0.3 is 4.42 Å². The van der Waals surface area contributed by atoms with Crippen LogP contribution in [0.15, 0.2) is 80.9 Å². The van der Waals surface area contributed by atoms with E-state index in [1.165, 1.54) is 16.9 Å². The van der Waals surface area contributed by atoms with Crippen LogP contribution >= 0.6 is 11.6 Å². The summed E-state index contributed by atoms with van der Waals surface area (Å²) < 4.78 is 7.43. The lowest BCUT2D eigenvalue weighted by molar-refractivity contribution is 0.0944. The maximum Gasteiger partial charge on any atom is 0.336 e. The van der Waals surface area contributed by atoms with Crippen molar-refractivity contribution in [1.29, 1.82) is 0 Å². The Labute approximate surface area is 157 Å². The van der Waals surface area contributed by atoms with Crippen LogP contribution in [-0.2, 0) is 6.54 Å². The molecule has 2 heterocycles. The van der Waals surface area contributed by atoms with Crippen molar-refractivity contribution in [3.8, 4) is 5.69 Å². The molecule has 2 aromatic carbocycles. The number of carbonyl (C=O) groups excluding carboxylic acids is 1. The Morgan fingerprint density at radius 2 is 1.70 bits per heavy atom. The van der Waals surface area contributed by atoms with Crippen LogP contribution in [0.1, 0.15) is 10.6 Å². The number of aromatic nitrogens is 2. The van der Waals surface area contributed by atoms with E-state index < -0.39 is 11.2 Å². The van der Waals surface area contributed by atoms with Crippen LogP contribution < -0.4 is 11.2 Å². The molecule has 0 amide bonds. The first-order valence-electron chi connectivity index (χ1n) is 8.13. The highest BCUT2D eigenvalue weighted by molar-refractivity contribution is 6.30. The first-order valence-corrected chi connectivity index (χ1v) is 8.51. The van der Waals surface area contributed by atoms with Crippen molar-refractivity contribution in [3.63, 3.8) is 0 Å². The number of nitrogens with zero attached hydrogens (tertiary/aromatic N) is 2. The zero-order valence-electron chi connectivity index (χ0n) is 14.0. The number of rotatable bonds is 4. The van der Waals surface area contributed by atoms with Gasteiger partial charge in [-0.2, -0.15) is 0 Å². The van der Waals surface area contributed by atoms with Crippen LogP contribution in [0.2, 0.25) is 5.02 Å². The molecule has 0 saturated heterocycles. The number of furan rings is 1. The van der Waals surface area contributed by atoms with Gasteiger partial charge in [0, 0.05) is 5.02 Å². The molecule has 0 bridgehead atoms. The second-order valence-electron chi connectivity index (χ2n) is 5.90. The van der Waals surface area contributed by atoms with E-state index in [-0.39, 0.29) is 18.1 Å². The number of benzene rings is 2. The summed E-state index contributed by atoms with van der Waals surface area (Å²) in [6.45, 7) is -0.249. The molecular weight excluding hydrogens is 368 g/mol. The second kappa shape index (κ2) is 6.74. The van der Waals surface area contributed by atoms with E-state index in [9.17, 15) is 14.4 Å². The predicted octanol–water partition coefficient (Wildman–Crippen LogP) is 3.28. The molecule has 0 aliphatic rings. The Kier molecular flexibility index (Phi) is 4.25. The molecule has 2 aromatic heterocycles. The van der Waals surface area contributed by atoms with Gasteiger partial charge in [-0.3, -0.25) is 14.2 Å². The largest absolute Gasteiger partial charge is 0.461 e. The number of hydrogen-bond donors (Lipinski definition) is 0. The van der Waals surface area contributed by atoms with Gasteiger partial charge in [0.15, 0.2) is 5.76 Å². The van der Waals surface area contributed by atoms with E-state index >= 15 is 0 Å². The minimum absolute atomic E-state index is 0.148. The molecule has 0 saturated carbocycles. The summed E-state index contributed by atoms with van der Waals surface area (Å²) in [5.41, 5.74) is -0.308. The Bertz CT molecular complexity index is 1250. The highest BCUT2D eigenvalue weighted by Gasteiger charge is 2.18. The molecule has 0 aliphatic carbocycles. The van der Waals surface area contributed by atoms with Crippen LogP contribution in [0.3, 0.4) is 0 Å². The van der Waals surface area contributed by atoms with Crippen molar-refractivity contribution in [2.24, 2.45) is 0 Å². The number of carbonyl (C=O) groups is 1. The monoisotopic (exact) mass is 380 g/mol. The van der Waals surface area contributed by atoms with Gasteiger partial charge in [-0.15, -0.1) is 0 Å². The zero-order valence-corrected chi connectivity index (χ0v) is 14.7. The fraction of sp³-hybridized carbons (Fsp3) is 0.0500. The van der Waals surface area contributed by atoms with Crippen LogP contribution in [0.4, 0.5) is 0 Å². The first-order chi connectivity index (χ1) is 13.1. The van der Waals surface area contributed by atoms with E-state index in [0.717, 1.165) is 4.57 Å². The lowest BCUT2D eigenvalue weighted by Crippen LogP contribution is -2.40. The second-order valence-corrected chi connectivity index (χ2v) is 6.34. The van der Waals surface area contributed by atoms with Crippen molar-refractivity contribution < 1.29 is 9.21 Å². The maximum atomic E-state index is 13.1. The maximum absolute atomic E-state index is 13.1. The van der Waals surface area contributed by atoms with Crippen molar-refractivity contribution in [2.45, 2.75) is 6.54 Å². The van der Waals surface area contributed by atoms with Gasteiger partial charge >= 0.3 is 5.69 Å². The molecule has 6 nitrogen and oxygen atoms in total. The third-order valence-corrected chi connectivity index (χ3v) is 4.49. The van der Waals surface area contributed by atoms with Crippen LogP contribution in [0.5, 0.6) is 0 Å². The Morgan fingerprint density at radius 1 is 0.963 bits per heavy atom. The quantitative estimate of drug-likeness (QED) is 0.509. The summed E-state index contributed by atoms with van der Waals surface area (Å²) in [4.78, 5) is 38.5. The van der Waals surface area contributed by atoms with Gasteiger partial charge in [-0.05, 0) is 48.5 Å². The SMILES string of the molecule is O=C(Cn1c(=O)n(-c2ccc(Cl)cc2)c(=O)c2ccccc21)c1ccco1. The number of Topliss-reactive ketones (excluding diaryl/α,β-unsaturated/α-hetero) is 1. The summed E-state index contributed by atoms with van der Waals surface area (Å²) in [7, 11) is 0. The summed E-state index contributed by atoms with van der Waals surface area (Å²) in [5, 5.41) is 0.820. The summed E-state index contributed by atoms with van der Waals surface area (Å²) >= 11 is 5.91. The molecule has 0 atom stereocenters. The smallest absolute Gasteiger partial charge is 0.336 e. The molecule has 4 rings (SSSR count). The minimum atomic E-state index is -0.610. The highest BCUT2D eigenvalue weighted by Crippen LogP contribution is 2.14.